The van der Waals surface area contributed by atoms with Gasteiger partial charge in [-0.1, -0.05) is 113 Å². The highest BCUT2D eigenvalue weighted by atomic mass is 32.2. The van der Waals surface area contributed by atoms with Gasteiger partial charge in [0.2, 0.25) is 23.6 Å². The van der Waals surface area contributed by atoms with E-state index in [1.165, 1.54) is 0 Å². The van der Waals surface area contributed by atoms with Crippen molar-refractivity contribution in [3.8, 4) is 0 Å². The Morgan fingerprint density at radius 3 is 1.35 bits per heavy atom. The van der Waals surface area contributed by atoms with Crippen molar-refractivity contribution in [1.82, 2.24) is 31.1 Å². The number of likely N-dealkylation sites (N-methyl/N-ethyl adjacent to an activating group) is 2. The van der Waals surface area contributed by atoms with E-state index in [9.17, 15) is 19.2 Å². The summed E-state index contributed by atoms with van der Waals surface area (Å²) in [6.45, 7) is 13.9. The largest absolute Gasteiger partial charge is 0.381 e. The lowest BCUT2D eigenvalue weighted by Gasteiger charge is -2.33. The van der Waals surface area contributed by atoms with Crippen LogP contribution in [0.15, 0.2) is 60.7 Å². The number of nitrogens with one attached hydrogen (secondary N) is 4. The van der Waals surface area contributed by atoms with Gasteiger partial charge in [0, 0.05) is 35.5 Å². The molecule has 0 spiro atoms. The summed E-state index contributed by atoms with van der Waals surface area (Å²) in [7, 11) is 3.66. The Morgan fingerprint density at radius 1 is 0.676 bits per heavy atom. The van der Waals surface area contributed by atoms with E-state index in [0.29, 0.717) is 62.1 Å². The minimum Gasteiger partial charge on any atom is -0.381 e. The molecule has 4 heterocycles. The number of fused-ring (bicyclic) bond motifs is 2. The molecule has 374 valence electrons. The van der Waals surface area contributed by atoms with Crippen molar-refractivity contribution in [1.29, 1.82) is 0 Å². The minimum absolute atomic E-state index is 0.0412. The lowest BCUT2D eigenvalue weighted by Crippen LogP contribution is -2.57. The minimum atomic E-state index is -0.733. The molecule has 4 aliphatic rings. The first-order valence-corrected chi connectivity index (χ1v) is 26.7. The molecular weight excluding hydrogens is 937 g/mol. The van der Waals surface area contributed by atoms with Crippen LogP contribution in [0.5, 0.6) is 0 Å². The zero-order chi connectivity index (χ0) is 49.5. The van der Waals surface area contributed by atoms with E-state index in [1.807, 2.05) is 92.0 Å². The average Bonchev–Trinajstić information content (AvgIpc) is 3.64. The number of ether oxygens (including phenoxy) is 2. The Labute approximate surface area is 423 Å². The van der Waals surface area contributed by atoms with Crippen molar-refractivity contribution in [3.63, 3.8) is 0 Å². The van der Waals surface area contributed by atoms with E-state index in [1.54, 1.807) is 33.3 Å². The van der Waals surface area contributed by atoms with Crippen LogP contribution in [-0.4, -0.2) is 141 Å². The maximum atomic E-state index is 14.5. The smallest absolute Gasteiger partial charge is 0.246 e. The van der Waals surface area contributed by atoms with Crippen LogP contribution < -0.4 is 32.7 Å². The van der Waals surface area contributed by atoms with Crippen molar-refractivity contribution in [2.24, 2.45) is 22.3 Å². The Morgan fingerprint density at radius 2 is 1.03 bits per heavy atom. The summed E-state index contributed by atoms with van der Waals surface area (Å²) in [4.78, 5) is 59.4. The Balaban J connectivity index is 1.12. The van der Waals surface area contributed by atoms with E-state index in [0.717, 1.165) is 24.0 Å². The van der Waals surface area contributed by atoms with Crippen molar-refractivity contribution in [3.05, 3.63) is 71.8 Å². The van der Waals surface area contributed by atoms with Crippen molar-refractivity contribution >= 4 is 81.6 Å². The van der Waals surface area contributed by atoms with Gasteiger partial charge in [0.05, 0.1) is 46.0 Å². The normalized spacial score (nSPS) is 28.3. The number of amides is 4. The number of primary amides is 2. The molecule has 8 unspecified atom stereocenters. The van der Waals surface area contributed by atoms with E-state index in [4.69, 9.17) is 45.4 Å². The third-order valence-electron chi connectivity index (χ3n) is 14.4. The fourth-order valence-corrected chi connectivity index (χ4v) is 15.0. The summed E-state index contributed by atoms with van der Waals surface area (Å²) < 4.78 is 13.1. The molecule has 0 aliphatic carbocycles. The molecule has 4 saturated heterocycles. The molecule has 14 nitrogen and oxygen atoms in total. The predicted octanol–water partition coefficient (Wildman–Crippen LogP) is 5.04. The lowest BCUT2D eigenvalue weighted by atomic mass is 9.84. The Kier molecular flexibility index (Phi) is 18.8. The molecule has 4 fully saturated rings. The van der Waals surface area contributed by atoms with Gasteiger partial charge >= 0.3 is 0 Å². The van der Waals surface area contributed by atoms with E-state index in [2.05, 4.69) is 45.5 Å². The zero-order valence-electron chi connectivity index (χ0n) is 40.9. The summed E-state index contributed by atoms with van der Waals surface area (Å²) >= 11 is 15.0. The first-order chi connectivity index (χ1) is 32.3. The molecule has 68 heavy (non-hydrogen) atoms. The Bertz CT molecular complexity index is 1940. The first-order valence-electron chi connectivity index (χ1n) is 24.0. The third kappa shape index (κ3) is 12.6. The molecule has 0 bridgehead atoms. The van der Waals surface area contributed by atoms with Crippen LogP contribution in [-0.2, 0) is 28.7 Å². The molecule has 0 radical (unpaired) electrons. The number of benzene rings is 2. The monoisotopic (exact) mass is 1010 g/mol. The van der Waals surface area contributed by atoms with Gasteiger partial charge in [-0.25, -0.2) is 0 Å². The summed E-state index contributed by atoms with van der Waals surface area (Å²) in [5, 5.41) is 12.5. The third-order valence-corrected chi connectivity index (χ3v) is 18.5. The highest BCUT2D eigenvalue weighted by molar-refractivity contribution is 8.00. The fraction of sp³-hybridized carbons (Fsp3) is 0.640. The number of hydrogen-bond acceptors (Lipinski definition) is 12. The maximum Gasteiger partial charge on any atom is 0.246 e. The highest BCUT2D eigenvalue weighted by Gasteiger charge is 2.57. The number of unbranched alkanes of at least 4 members (excludes halogenated alkanes) is 1. The van der Waals surface area contributed by atoms with Crippen molar-refractivity contribution < 1.29 is 28.7 Å². The van der Waals surface area contributed by atoms with Crippen LogP contribution in [0.2, 0.25) is 0 Å². The lowest BCUT2D eigenvalue weighted by molar-refractivity contribution is -0.141. The quantitative estimate of drug-likeness (QED) is 0.0720. The Hall–Kier alpha value is -3.36. The highest BCUT2D eigenvalue weighted by Crippen LogP contribution is 2.51. The summed E-state index contributed by atoms with van der Waals surface area (Å²) in [6, 6.07) is 17.6. The second kappa shape index (κ2) is 23.7. The standard InChI is InChI=1S/C50H74N8O6S4/c1-29(53-7)45(65)55-35-23-37(67-39-25-49(3,4)41(43(51)59)57(39)47(35)61)33(31-17-11-9-12-18-31)27-63-21-15-16-22-64-28-34(32-19-13-10-14-20-32)38-24-36(56-46(66)30(2)54-8)48(62)58-40(68-38)26-50(5,6)42(58)44(52)60/h9-14,17-20,29-30,33-42,53-54H,15-16,21-28H2,1-8H3,(H2,51,59)(H2,52,60)(H,55,65)(H,56,66)/t29-,30-,33+,34+,35?,36?,37?,38?,39?,40?,41?,42?/m0/s1. The van der Waals surface area contributed by atoms with E-state index >= 15 is 0 Å². The van der Waals surface area contributed by atoms with Gasteiger partial charge in [0.25, 0.3) is 0 Å². The topological polar surface area (TPSA) is 193 Å². The van der Waals surface area contributed by atoms with Gasteiger partial charge in [-0.05, 0) is 88.4 Å². The van der Waals surface area contributed by atoms with Crippen molar-refractivity contribution in [2.45, 2.75) is 149 Å². The number of carbonyl (C=O) groups is 4. The van der Waals surface area contributed by atoms with Gasteiger partial charge < -0.3 is 52.0 Å². The second-order valence-corrected chi connectivity index (χ2v) is 24.0. The van der Waals surface area contributed by atoms with Crippen LogP contribution in [0.25, 0.3) is 0 Å². The second-order valence-electron chi connectivity index (χ2n) is 20.3. The number of thiocarbonyl (C=S) groups is 2. The molecule has 18 heteroatoms. The average molecular weight is 1010 g/mol. The summed E-state index contributed by atoms with van der Waals surface area (Å²) in [5.41, 5.74) is 13.3. The number of thioether (sulfide) groups is 2. The number of nitrogens with two attached hydrogens (primary N) is 2. The molecule has 12 atom stereocenters. The number of rotatable bonds is 21. The van der Waals surface area contributed by atoms with E-state index in [-0.39, 0.29) is 57.0 Å². The number of nitrogens with zero attached hydrogens (tertiary/aromatic N) is 2. The molecule has 0 aromatic heterocycles. The molecule has 0 saturated carbocycles. The molecular formula is C50H74N8O6S4. The predicted molar refractivity (Wildman–Crippen MR) is 281 cm³/mol. The van der Waals surface area contributed by atoms with Gasteiger partial charge in [-0.3, -0.25) is 19.2 Å². The summed E-state index contributed by atoms with van der Waals surface area (Å²) in [6.07, 6.45) is 3.81. The van der Waals surface area contributed by atoms with E-state index < -0.39 is 46.8 Å². The van der Waals surface area contributed by atoms with Gasteiger partial charge in [0.1, 0.15) is 24.2 Å². The van der Waals surface area contributed by atoms with Crippen LogP contribution in [0, 0.1) is 10.8 Å². The molecule has 6 rings (SSSR count). The van der Waals surface area contributed by atoms with Gasteiger partial charge in [-0.15, -0.1) is 23.5 Å². The molecule has 2 aromatic carbocycles. The van der Waals surface area contributed by atoms with Gasteiger partial charge in [-0.2, -0.15) is 0 Å². The first kappa shape index (κ1) is 54.0. The van der Waals surface area contributed by atoms with Crippen LogP contribution in [0.3, 0.4) is 0 Å². The number of carbonyl (C=O) groups excluding carboxylic acids is 4. The number of hydrogen-bond donors (Lipinski definition) is 6. The van der Waals surface area contributed by atoms with Crippen LogP contribution >= 0.6 is 48.0 Å². The molecule has 4 amide bonds. The van der Waals surface area contributed by atoms with Crippen LogP contribution in [0.4, 0.5) is 0 Å². The van der Waals surface area contributed by atoms with Gasteiger partial charge in [0.15, 0.2) is 0 Å². The maximum absolute atomic E-state index is 14.5. The zero-order valence-corrected chi connectivity index (χ0v) is 44.2. The SMILES string of the molecule is CN[C@@H](C)C(=S)NC1CC([C@H](COCCCCOC[C@H](c2ccccc2)C2CC(NC(=S)[C@H](C)NC)C(=O)N3C(CC(C)(C)C3C(N)=O)S2)c2ccccc2)SC2CC(C)(C)C(C(N)=O)N2C1=O. The molecule has 2 aromatic rings. The van der Waals surface area contributed by atoms with Crippen molar-refractivity contribution in [2.75, 3.05) is 40.5 Å². The summed E-state index contributed by atoms with van der Waals surface area (Å²) in [5.74, 6) is -1.40. The molecule has 8 N–H and O–H groups in total. The fourth-order valence-electron chi connectivity index (χ4n) is 10.4. The van der Waals surface area contributed by atoms with Crippen LogP contribution in [0.1, 0.15) is 103 Å². The molecule has 4 aliphatic heterocycles.